The van der Waals surface area contributed by atoms with E-state index in [9.17, 15) is 9.90 Å². The average molecular weight is 327 g/mol. The van der Waals surface area contributed by atoms with Gasteiger partial charge in [0.1, 0.15) is 6.04 Å². The Morgan fingerprint density at radius 1 is 1.42 bits per heavy atom. The second-order valence-corrected chi connectivity index (χ2v) is 5.92. The van der Waals surface area contributed by atoms with Gasteiger partial charge in [-0.15, -0.1) is 0 Å². The van der Waals surface area contributed by atoms with Gasteiger partial charge in [0.25, 0.3) is 0 Å². The first-order valence-electron chi connectivity index (χ1n) is 6.52. The zero-order chi connectivity index (χ0) is 13.8. The van der Waals surface area contributed by atoms with Gasteiger partial charge in [0.2, 0.25) is 5.91 Å². The predicted octanol–water partition coefficient (Wildman–Crippen LogP) is 1.77. The number of nitrogens with zero attached hydrogens (tertiary/aromatic N) is 1. The lowest BCUT2D eigenvalue weighted by Gasteiger charge is -2.31. The van der Waals surface area contributed by atoms with Crippen LogP contribution in [0.15, 0.2) is 28.7 Å². The standard InChI is InChI=1S/C14H19BrN2O2/c1-10-8-16-14(19)13(6-7-18)17(9-10)12-4-2-11(15)3-5-12/h2-5,10,13,18H,6-9H2,1H3,(H,16,19). The Bertz CT molecular complexity index is 436. The van der Waals surface area contributed by atoms with E-state index in [4.69, 9.17) is 0 Å². The zero-order valence-electron chi connectivity index (χ0n) is 11.0. The van der Waals surface area contributed by atoms with Crippen molar-refractivity contribution in [3.63, 3.8) is 0 Å². The normalized spacial score (nSPS) is 23.9. The van der Waals surface area contributed by atoms with Crippen molar-refractivity contribution in [1.29, 1.82) is 0 Å². The van der Waals surface area contributed by atoms with Crippen LogP contribution < -0.4 is 10.2 Å². The van der Waals surface area contributed by atoms with E-state index in [0.29, 0.717) is 18.9 Å². The van der Waals surface area contributed by atoms with Crippen molar-refractivity contribution >= 4 is 27.5 Å². The van der Waals surface area contributed by atoms with Crippen molar-refractivity contribution in [3.05, 3.63) is 28.7 Å². The number of anilines is 1. The number of halogens is 1. The summed E-state index contributed by atoms with van der Waals surface area (Å²) >= 11 is 3.42. The fraction of sp³-hybridized carbons (Fsp3) is 0.500. The molecule has 0 spiro atoms. The van der Waals surface area contributed by atoms with E-state index in [1.165, 1.54) is 0 Å². The molecular weight excluding hydrogens is 308 g/mol. The van der Waals surface area contributed by atoms with E-state index in [1.807, 2.05) is 24.3 Å². The number of aliphatic hydroxyl groups excluding tert-OH is 1. The van der Waals surface area contributed by atoms with Crippen molar-refractivity contribution in [3.8, 4) is 0 Å². The number of carbonyl (C=O) groups is 1. The van der Waals surface area contributed by atoms with Gasteiger partial charge < -0.3 is 15.3 Å². The third-order valence-electron chi connectivity index (χ3n) is 3.37. The lowest BCUT2D eigenvalue weighted by atomic mass is 10.1. The van der Waals surface area contributed by atoms with E-state index in [0.717, 1.165) is 16.7 Å². The van der Waals surface area contributed by atoms with Crippen LogP contribution in [0.3, 0.4) is 0 Å². The molecule has 1 heterocycles. The molecule has 5 heteroatoms. The lowest BCUT2D eigenvalue weighted by molar-refractivity contribution is -0.122. The Labute approximate surface area is 121 Å². The summed E-state index contributed by atoms with van der Waals surface area (Å²) in [6.07, 6.45) is 0.453. The molecule has 1 amide bonds. The molecule has 0 saturated carbocycles. The Morgan fingerprint density at radius 2 is 2.11 bits per heavy atom. The fourth-order valence-electron chi connectivity index (χ4n) is 2.39. The first-order valence-corrected chi connectivity index (χ1v) is 7.32. The molecular formula is C14H19BrN2O2. The fourth-order valence-corrected chi connectivity index (χ4v) is 2.65. The molecule has 2 N–H and O–H groups in total. The minimum Gasteiger partial charge on any atom is -0.396 e. The van der Waals surface area contributed by atoms with Crippen LogP contribution in [0.25, 0.3) is 0 Å². The number of aliphatic hydroxyl groups is 1. The third-order valence-corrected chi connectivity index (χ3v) is 3.90. The van der Waals surface area contributed by atoms with Crippen LogP contribution in [0.1, 0.15) is 13.3 Å². The summed E-state index contributed by atoms with van der Waals surface area (Å²) < 4.78 is 1.02. The first-order chi connectivity index (χ1) is 9.11. The molecule has 2 unspecified atom stereocenters. The van der Waals surface area contributed by atoms with E-state index in [1.54, 1.807) is 0 Å². The molecule has 1 aliphatic heterocycles. The van der Waals surface area contributed by atoms with Gasteiger partial charge in [-0.2, -0.15) is 0 Å². The van der Waals surface area contributed by atoms with Gasteiger partial charge in [-0.1, -0.05) is 22.9 Å². The van der Waals surface area contributed by atoms with Crippen molar-refractivity contribution in [1.82, 2.24) is 5.32 Å². The highest BCUT2D eigenvalue weighted by Crippen LogP contribution is 2.24. The van der Waals surface area contributed by atoms with E-state index in [-0.39, 0.29) is 18.6 Å². The molecule has 19 heavy (non-hydrogen) atoms. The number of rotatable bonds is 3. The Kier molecular flexibility index (Phi) is 4.82. The highest BCUT2D eigenvalue weighted by atomic mass is 79.9. The van der Waals surface area contributed by atoms with Crippen LogP contribution in [-0.2, 0) is 4.79 Å². The smallest absolute Gasteiger partial charge is 0.242 e. The van der Waals surface area contributed by atoms with Crippen LogP contribution in [0, 0.1) is 5.92 Å². The van der Waals surface area contributed by atoms with Crippen LogP contribution in [0.2, 0.25) is 0 Å². The predicted molar refractivity (Wildman–Crippen MR) is 79.2 cm³/mol. The van der Waals surface area contributed by atoms with Gasteiger partial charge in [-0.3, -0.25) is 4.79 Å². The maximum atomic E-state index is 12.1. The number of hydrogen-bond donors (Lipinski definition) is 2. The lowest BCUT2D eigenvalue weighted by Crippen LogP contribution is -2.45. The van der Waals surface area contributed by atoms with Gasteiger partial charge in [-0.05, 0) is 36.6 Å². The zero-order valence-corrected chi connectivity index (χ0v) is 12.6. The first kappa shape index (κ1) is 14.3. The molecule has 1 fully saturated rings. The third kappa shape index (κ3) is 3.48. The summed E-state index contributed by atoms with van der Waals surface area (Å²) in [6, 6.07) is 7.65. The molecule has 1 saturated heterocycles. The number of carbonyl (C=O) groups excluding carboxylic acids is 1. The number of nitrogens with one attached hydrogen (secondary N) is 1. The van der Waals surface area contributed by atoms with Crippen LogP contribution in [-0.4, -0.2) is 36.8 Å². The van der Waals surface area contributed by atoms with Gasteiger partial charge >= 0.3 is 0 Å². The minimum absolute atomic E-state index is 0.00122. The maximum absolute atomic E-state index is 12.1. The Balaban J connectivity index is 2.29. The molecule has 4 nitrogen and oxygen atoms in total. The molecule has 0 aliphatic carbocycles. The van der Waals surface area contributed by atoms with E-state index < -0.39 is 0 Å². The van der Waals surface area contributed by atoms with E-state index >= 15 is 0 Å². The van der Waals surface area contributed by atoms with Crippen molar-refractivity contribution < 1.29 is 9.90 Å². The summed E-state index contributed by atoms with van der Waals surface area (Å²) in [4.78, 5) is 14.2. The minimum atomic E-state index is -0.295. The van der Waals surface area contributed by atoms with Gasteiger partial charge in [0, 0.05) is 29.9 Å². The molecule has 2 rings (SSSR count). The highest BCUT2D eigenvalue weighted by Gasteiger charge is 2.30. The van der Waals surface area contributed by atoms with Crippen LogP contribution in [0.5, 0.6) is 0 Å². The highest BCUT2D eigenvalue weighted by molar-refractivity contribution is 9.10. The topological polar surface area (TPSA) is 52.6 Å². The monoisotopic (exact) mass is 326 g/mol. The molecule has 0 bridgehead atoms. The van der Waals surface area contributed by atoms with Crippen molar-refractivity contribution in [2.75, 3.05) is 24.6 Å². The Hall–Kier alpha value is -1.07. The second kappa shape index (κ2) is 6.39. The summed E-state index contributed by atoms with van der Waals surface area (Å²) in [6.45, 7) is 3.63. The molecule has 1 aliphatic rings. The molecule has 1 aromatic carbocycles. The van der Waals surface area contributed by atoms with Gasteiger partial charge in [0.15, 0.2) is 0 Å². The van der Waals surface area contributed by atoms with Crippen LogP contribution >= 0.6 is 15.9 Å². The summed E-state index contributed by atoms with van der Waals surface area (Å²) in [7, 11) is 0. The number of benzene rings is 1. The molecule has 0 radical (unpaired) electrons. The van der Waals surface area contributed by atoms with Crippen molar-refractivity contribution in [2.24, 2.45) is 5.92 Å². The number of hydrogen-bond acceptors (Lipinski definition) is 3. The van der Waals surface area contributed by atoms with Gasteiger partial charge in [0.05, 0.1) is 0 Å². The summed E-state index contributed by atoms with van der Waals surface area (Å²) in [5.41, 5.74) is 1.02. The SMILES string of the molecule is CC1CNC(=O)C(CCO)N(c2ccc(Br)cc2)C1. The quantitative estimate of drug-likeness (QED) is 0.890. The molecule has 2 atom stereocenters. The largest absolute Gasteiger partial charge is 0.396 e. The molecule has 104 valence electrons. The van der Waals surface area contributed by atoms with Gasteiger partial charge in [-0.25, -0.2) is 0 Å². The summed E-state index contributed by atoms with van der Waals surface area (Å²) in [5.74, 6) is 0.387. The van der Waals surface area contributed by atoms with E-state index in [2.05, 4.69) is 33.1 Å². The van der Waals surface area contributed by atoms with Crippen molar-refractivity contribution in [2.45, 2.75) is 19.4 Å². The molecule has 1 aromatic rings. The molecule has 0 aromatic heterocycles. The van der Waals surface area contributed by atoms with Crippen LogP contribution in [0.4, 0.5) is 5.69 Å². The second-order valence-electron chi connectivity index (χ2n) is 5.01. The Morgan fingerprint density at radius 3 is 2.74 bits per heavy atom. The number of amides is 1. The average Bonchev–Trinajstić information content (AvgIpc) is 2.53. The maximum Gasteiger partial charge on any atom is 0.242 e. The summed E-state index contributed by atoms with van der Waals surface area (Å²) in [5, 5.41) is 12.1.